The van der Waals surface area contributed by atoms with Crippen molar-refractivity contribution in [1.82, 2.24) is 5.32 Å². The fourth-order valence-electron chi connectivity index (χ4n) is 3.94. The van der Waals surface area contributed by atoms with Crippen molar-refractivity contribution in [3.05, 3.63) is 21.2 Å². The summed E-state index contributed by atoms with van der Waals surface area (Å²) in [6.45, 7) is 1.97. The lowest BCUT2D eigenvalue weighted by Crippen LogP contribution is -2.23. The summed E-state index contributed by atoms with van der Waals surface area (Å²) in [6, 6.07) is 0.0338. The minimum atomic E-state index is -0.725. The predicted octanol–water partition coefficient (Wildman–Crippen LogP) is 2.83. The molecule has 0 saturated carbocycles. The van der Waals surface area contributed by atoms with Gasteiger partial charge in [-0.25, -0.2) is 0 Å². The smallest absolute Gasteiger partial charge is 0.307 e. The molecule has 0 amide bonds. The molecule has 3 aliphatic rings. The summed E-state index contributed by atoms with van der Waals surface area (Å²) in [7, 11) is 0. The van der Waals surface area contributed by atoms with Gasteiger partial charge < -0.3 is 19.9 Å². The topological polar surface area (TPSA) is 67.8 Å². The van der Waals surface area contributed by atoms with E-state index in [2.05, 4.69) is 21.2 Å². The minimum Gasteiger partial charge on any atom is -0.493 e. The second-order valence-corrected chi connectivity index (χ2v) is 7.27. The van der Waals surface area contributed by atoms with Crippen LogP contribution in [0.1, 0.15) is 42.0 Å². The summed E-state index contributed by atoms with van der Waals surface area (Å²) >= 11 is 3.71. The maximum Gasteiger partial charge on any atom is 0.307 e. The van der Waals surface area contributed by atoms with Gasteiger partial charge in [-0.1, -0.05) is 0 Å². The number of carboxylic acids is 1. The van der Waals surface area contributed by atoms with Crippen LogP contribution in [0, 0.1) is 5.92 Å². The molecular weight excluding hydrogens is 362 g/mol. The molecule has 124 valence electrons. The Bertz CT molecular complexity index is 623. The van der Waals surface area contributed by atoms with Gasteiger partial charge in [0.1, 0.15) is 11.5 Å². The van der Waals surface area contributed by atoms with Crippen molar-refractivity contribution in [1.29, 1.82) is 0 Å². The van der Waals surface area contributed by atoms with Crippen LogP contribution in [0.25, 0.3) is 0 Å². The summed E-state index contributed by atoms with van der Waals surface area (Å²) in [5.74, 6) is 0.840. The monoisotopic (exact) mass is 381 g/mol. The van der Waals surface area contributed by atoms with E-state index < -0.39 is 5.97 Å². The molecule has 0 radical (unpaired) electrons. The Balaban J connectivity index is 1.83. The molecule has 6 heteroatoms. The van der Waals surface area contributed by atoms with Crippen LogP contribution >= 0.6 is 15.9 Å². The third-order valence-electron chi connectivity index (χ3n) is 5.05. The Morgan fingerprint density at radius 3 is 2.52 bits per heavy atom. The second-order valence-electron chi connectivity index (χ2n) is 6.48. The molecule has 1 aromatic carbocycles. The molecule has 1 saturated heterocycles. The van der Waals surface area contributed by atoms with Gasteiger partial charge >= 0.3 is 5.97 Å². The summed E-state index contributed by atoms with van der Waals surface area (Å²) in [6.07, 6.45) is 4.52. The van der Waals surface area contributed by atoms with Gasteiger partial charge in [-0.15, -0.1) is 0 Å². The van der Waals surface area contributed by atoms with Gasteiger partial charge in [0, 0.05) is 29.3 Å². The SMILES string of the molecule is O=C(O)C1CNC(c2c3c(c(Br)c4c2OCCC4)OCCC3)C1. The van der Waals surface area contributed by atoms with Crippen molar-refractivity contribution in [3.63, 3.8) is 0 Å². The number of rotatable bonds is 2. The standard InChI is InChI=1S/C17H20BrNO4/c18-14-11-4-2-5-22-15(11)13(10-3-1-6-23-16(10)14)12-7-9(8-19-12)17(20)21/h9,12,19H,1-8H2,(H,20,21). The van der Waals surface area contributed by atoms with Crippen LogP contribution < -0.4 is 14.8 Å². The summed E-state index contributed by atoms with van der Waals surface area (Å²) in [4.78, 5) is 11.3. The zero-order valence-corrected chi connectivity index (χ0v) is 14.4. The molecule has 2 unspecified atom stereocenters. The summed E-state index contributed by atoms with van der Waals surface area (Å²) < 4.78 is 13.0. The number of hydrogen-bond donors (Lipinski definition) is 2. The van der Waals surface area contributed by atoms with E-state index in [0.29, 0.717) is 13.0 Å². The summed E-state index contributed by atoms with van der Waals surface area (Å²) in [5, 5.41) is 12.7. The maximum absolute atomic E-state index is 11.3. The average molecular weight is 382 g/mol. The van der Waals surface area contributed by atoms with E-state index in [4.69, 9.17) is 9.47 Å². The van der Waals surface area contributed by atoms with Crippen molar-refractivity contribution in [3.8, 4) is 11.5 Å². The Morgan fingerprint density at radius 1 is 1.13 bits per heavy atom. The van der Waals surface area contributed by atoms with Crippen LogP contribution in [0.2, 0.25) is 0 Å². The molecule has 2 N–H and O–H groups in total. The highest BCUT2D eigenvalue weighted by Gasteiger charge is 2.37. The van der Waals surface area contributed by atoms with Gasteiger partial charge in [-0.05, 0) is 48.0 Å². The van der Waals surface area contributed by atoms with Crippen molar-refractivity contribution in [2.45, 2.75) is 38.1 Å². The van der Waals surface area contributed by atoms with Crippen LogP contribution in [0.5, 0.6) is 11.5 Å². The van der Waals surface area contributed by atoms with Gasteiger partial charge in [0.15, 0.2) is 0 Å². The van der Waals surface area contributed by atoms with Crippen molar-refractivity contribution >= 4 is 21.9 Å². The van der Waals surface area contributed by atoms with E-state index >= 15 is 0 Å². The first-order valence-corrected chi connectivity index (χ1v) is 9.05. The maximum atomic E-state index is 11.3. The van der Waals surface area contributed by atoms with Crippen molar-refractivity contribution in [2.24, 2.45) is 5.92 Å². The molecule has 0 aliphatic carbocycles. The van der Waals surface area contributed by atoms with Crippen LogP contribution in [-0.4, -0.2) is 30.8 Å². The molecule has 4 rings (SSSR count). The lowest BCUT2D eigenvalue weighted by Gasteiger charge is -2.31. The van der Waals surface area contributed by atoms with E-state index in [0.717, 1.165) is 60.4 Å². The highest BCUT2D eigenvalue weighted by atomic mass is 79.9. The number of nitrogens with one attached hydrogen (secondary N) is 1. The van der Waals surface area contributed by atoms with Crippen molar-refractivity contribution < 1.29 is 19.4 Å². The third kappa shape index (κ3) is 2.52. The number of benzene rings is 1. The normalized spacial score (nSPS) is 26.0. The number of carboxylic acid groups (broad SMARTS) is 1. The zero-order chi connectivity index (χ0) is 16.0. The van der Waals surface area contributed by atoms with E-state index in [1.807, 2.05) is 0 Å². The number of hydrogen-bond acceptors (Lipinski definition) is 4. The minimum absolute atomic E-state index is 0.0338. The Hall–Kier alpha value is -1.27. The fraction of sp³-hybridized carbons (Fsp3) is 0.588. The largest absolute Gasteiger partial charge is 0.493 e. The first-order valence-electron chi connectivity index (χ1n) is 8.25. The van der Waals surface area contributed by atoms with E-state index in [1.54, 1.807) is 0 Å². The number of halogens is 1. The lowest BCUT2D eigenvalue weighted by molar-refractivity contribution is -0.141. The van der Waals surface area contributed by atoms with Crippen LogP contribution in [0.4, 0.5) is 0 Å². The zero-order valence-electron chi connectivity index (χ0n) is 12.9. The highest BCUT2D eigenvalue weighted by molar-refractivity contribution is 9.10. The molecule has 1 aromatic rings. The molecule has 0 spiro atoms. The molecule has 3 aliphatic heterocycles. The van der Waals surface area contributed by atoms with Crippen molar-refractivity contribution in [2.75, 3.05) is 19.8 Å². The molecule has 5 nitrogen and oxygen atoms in total. The van der Waals surface area contributed by atoms with Gasteiger partial charge in [0.2, 0.25) is 0 Å². The highest BCUT2D eigenvalue weighted by Crippen LogP contribution is 2.49. The number of carbonyl (C=O) groups is 1. The van der Waals surface area contributed by atoms with Crippen LogP contribution in [0.3, 0.4) is 0 Å². The first-order chi connectivity index (χ1) is 11.2. The predicted molar refractivity (Wildman–Crippen MR) is 88.3 cm³/mol. The summed E-state index contributed by atoms with van der Waals surface area (Å²) in [5.41, 5.74) is 3.50. The molecular formula is C17H20BrNO4. The van der Waals surface area contributed by atoms with E-state index in [1.165, 1.54) is 11.1 Å². The molecule has 3 heterocycles. The Kier molecular flexibility index (Phi) is 3.97. The number of ether oxygens (including phenoxy) is 2. The average Bonchev–Trinajstić information content (AvgIpc) is 3.05. The first kappa shape index (κ1) is 15.3. The van der Waals surface area contributed by atoms with E-state index in [-0.39, 0.29) is 12.0 Å². The lowest BCUT2D eigenvalue weighted by atomic mass is 9.88. The quantitative estimate of drug-likeness (QED) is 0.824. The van der Waals surface area contributed by atoms with Crippen LogP contribution in [0.15, 0.2) is 4.47 Å². The Morgan fingerprint density at radius 2 is 1.83 bits per heavy atom. The third-order valence-corrected chi connectivity index (χ3v) is 5.88. The molecule has 0 bridgehead atoms. The molecule has 23 heavy (non-hydrogen) atoms. The number of fused-ring (bicyclic) bond motifs is 2. The Labute approximate surface area is 143 Å². The van der Waals surface area contributed by atoms with Gasteiger partial charge in [0.05, 0.1) is 23.6 Å². The van der Waals surface area contributed by atoms with E-state index in [9.17, 15) is 9.90 Å². The molecule has 0 aromatic heterocycles. The molecule has 1 fully saturated rings. The number of aliphatic carboxylic acids is 1. The van der Waals surface area contributed by atoms with Gasteiger partial charge in [-0.2, -0.15) is 0 Å². The van der Waals surface area contributed by atoms with Gasteiger partial charge in [0.25, 0.3) is 0 Å². The molecule has 2 atom stereocenters. The fourth-order valence-corrected chi connectivity index (χ4v) is 4.67. The second kappa shape index (κ2) is 5.98. The van der Waals surface area contributed by atoms with Gasteiger partial charge in [-0.3, -0.25) is 4.79 Å². The van der Waals surface area contributed by atoms with Crippen LogP contribution in [-0.2, 0) is 17.6 Å².